The first-order valence-corrected chi connectivity index (χ1v) is 7.42. The molecule has 0 saturated carbocycles. The molecule has 0 aliphatic carbocycles. The number of carbonyl (C=O) groups is 2. The number of methoxy groups -OCH3 is 1. The second-order valence-corrected chi connectivity index (χ2v) is 6.59. The Bertz CT molecular complexity index is 579. The molecule has 0 unspecified atom stereocenters. The maximum atomic E-state index is 11.9. The van der Waals surface area contributed by atoms with E-state index in [1.165, 1.54) is 0 Å². The lowest BCUT2D eigenvalue weighted by atomic mass is 9.84. The molecular formula is C9H11N3O5S2. The van der Waals surface area contributed by atoms with Gasteiger partial charge in [0.15, 0.2) is 16.6 Å². The summed E-state index contributed by atoms with van der Waals surface area (Å²) in [6.07, 6.45) is 0.878. The van der Waals surface area contributed by atoms with Crippen LogP contribution in [0.5, 0.6) is 0 Å². The number of nitrogens with zero attached hydrogens (tertiary/aromatic N) is 1. The van der Waals surface area contributed by atoms with Crippen LogP contribution < -0.4 is 10.6 Å². The monoisotopic (exact) mass is 305 g/mol. The third-order valence-electron chi connectivity index (χ3n) is 2.50. The standard InChI is InChI=1S/C9H11N3O5S2/c1-17-7(14)9(4-19(2,15)16)5(3-10)6(13)11-8(18)12-9/h5H,4H2,1-2H3,(H2,11,12,13,18)/t5-,9+/m1/s1. The predicted octanol–water partition coefficient (Wildman–Crippen LogP) is -1.91. The summed E-state index contributed by atoms with van der Waals surface area (Å²) >= 11 is 4.73. The van der Waals surface area contributed by atoms with Crippen molar-refractivity contribution < 1.29 is 22.7 Å². The average Bonchev–Trinajstić information content (AvgIpc) is 2.24. The topological polar surface area (TPSA) is 125 Å². The second-order valence-electron chi connectivity index (χ2n) is 4.04. The Balaban J connectivity index is 3.42. The van der Waals surface area contributed by atoms with E-state index in [0.29, 0.717) is 0 Å². The van der Waals surface area contributed by atoms with Crippen LogP contribution in [0.2, 0.25) is 0 Å². The highest BCUT2D eigenvalue weighted by Gasteiger charge is 2.56. The number of thiocarbonyl (C=S) groups is 1. The molecule has 1 aliphatic heterocycles. The molecule has 0 radical (unpaired) electrons. The summed E-state index contributed by atoms with van der Waals surface area (Å²) in [6.45, 7) is 0. The van der Waals surface area contributed by atoms with E-state index in [1.54, 1.807) is 6.07 Å². The van der Waals surface area contributed by atoms with Crippen molar-refractivity contribution in [2.24, 2.45) is 5.92 Å². The van der Waals surface area contributed by atoms with E-state index in [2.05, 4.69) is 15.4 Å². The molecule has 1 amide bonds. The van der Waals surface area contributed by atoms with Crippen molar-refractivity contribution >= 4 is 39.0 Å². The van der Waals surface area contributed by atoms with Gasteiger partial charge in [0.25, 0.3) is 0 Å². The first kappa shape index (κ1) is 15.3. The van der Waals surface area contributed by atoms with Gasteiger partial charge in [-0.25, -0.2) is 13.2 Å². The zero-order valence-electron chi connectivity index (χ0n) is 10.1. The molecule has 0 spiro atoms. The van der Waals surface area contributed by atoms with E-state index in [4.69, 9.17) is 17.5 Å². The van der Waals surface area contributed by atoms with Crippen LogP contribution in [0.3, 0.4) is 0 Å². The SMILES string of the molecule is COC(=O)[C@@]1(CS(C)(=O)=O)NC(=S)NC(=O)[C@H]1C#N. The minimum atomic E-state index is -3.68. The second kappa shape index (κ2) is 5.10. The Kier molecular flexibility index (Phi) is 4.12. The van der Waals surface area contributed by atoms with Crippen LogP contribution in [0.15, 0.2) is 0 Å². The number of rotatable bonds is 3. The molecule has 2 atom stereocenters. The number of ether oxygens (including phenoxy) is 1. The van der Waals surface area contributed by atoms with Crippen LogP contribution in [0, 0.1) is 17.2 Å². The number of hydrogen-bond donors (Lipinski definition) is 2. The molecule has 10 heteroatoms. The molecule has 1 rings (SSSR count). The molecule has 1 aliphatic rings. The summed E-state index contributed by atoms with van der Waals surface area (Å²) in [5, 5.41) is 13.3. The normalized spacial score (nSPS) is 26.9. The van der Waals surface area contributed by atoms with Gasteiger partial charge in [-0.15, -0.1) is 0 Å². The number of esters is 1. The quantitative estimate of drug-likeness (QED) is 0.457. The van der Waals surface area contributed by atoms with Crippen molar-refractivity contribution in [3.05, 3.63) is 0 Å². The highest BCUT2D eigenvalue weighted by Crippen LogP contribution is 2.24. The Labute approximate surface area is 115 Å². The van der Waals surface area contributed by atoms with Gasteiger partial charge in [-0.2, -0.15) is 5.26 Å². The van der Waals surface area contributed by atoms with Gasteiger partial charge >= 0.3 is 5.97 Å². The molecule has 8 nitrogen and oxygen atoms in total. The maximum absolute atomic E-state index is 11.9. The molecule has 0 aromatic rings. The highest BCUT2D eigenvalue weighted by atomic mass is 32.2. The summed E-state index contributed by atoms with van der Waals surface area (Å²) in [7, 11) is -2.66. The Morgan fingerprint density at radius 1 is 1.63 bits per heavy atom. The molecule has 0 aromatic carbocycles. The lowest BCUT2D eigenvalue weighted by Gasteiger charge is -2.38. The van der Waals surface area contributed by atoms with Gasteiger partial charge in [0.1, 0.15) is 9.84 Å². The third kappa shape index (κ3) is 2.99. The fourth-order valence-electron chi connectivity index (χ4n) is 1.83. The maximum Gasteiger partial charge on any atom is 0.334 e. The molecule has 0 bridgehead atoms. The van der Waals surface area contributed by atoms with E-state index in [1.807, 2.05) is 0 Å². The van der Waals surface area contributed by atoms with Crippen LogP contribution in [-0.4, -0.2) is 50.1 Å². The van der Waals surface area contributed by atoms with Gasteiger partial charge in [-0.1, -0.05) is 0 Å². The summed E-state index contributed by atoms with van der Waals surface area (Å²) in [4.78, 5) is 23.6. The Morgan fingerprint density at radius 2 is 2.21 bits per heavy atom. The fourth-order valence-corrected chi connectivity index (χ4v) is 3.29. The van der Waals surface area contributed by atoms with Gasteiger partial charge in [0.05, 0.1) is 18.9 Å². The van der Waals surface area contributed by atoms with Crippen LogP contribution in [0.1, 0.15) is 0 Å². The van der Waals surface area contributed by atoms with Crippen molar-refractivity contribution in [2.45, 2.75) is 5.54 Å². The van der Waals surface area contributed by atoms with Crippen molar-refractivity contribution in [2.75, 3.05) is 19.1 Å². The van der Waals surface area contributed by atoms with Gasteiger partial charge < -0.3 is 15.4 Å². The van der Waals surface area contributed by atoms with Gasteiger partial charge in [0, 0.05) is 6.26 Å². The minimum Gasteiger partial charge on any atom is -0.467 e. The molecule has 104 valence electrons. The molecule has 19 heavy (non-hydrogen) atoms. The van der Waals surface area contributed by atoms with Crippen LogP contribution in [0.25, 0.3) is 0 Å². The smallest absolute Gasteiger partial charge is 0.334 e. The van der Waals surface area contributed by atoms with Crippen molar-refractivity contribution in [1.82, 2.24) is 10.6 Å². The minimum absolute atomic E-state index is 0.231. The van der Waals surface area contributed by atoms with Crippen molar-refractivity contribution in [3.8, 4) is 6.07 Å². The molecule has 1 saturated heterocycles. The van der Waals surface area contributed by atoms with Gasteiger partial charge in [0.2, 0.25) is 5.91 Å². The molecule has 0 aromatic heterocycles. The summed E-state index contributed by atoms with van der Waals surface area (Å²) in [5.74, 6) is -4.23. The Morgan fingerprint density at radius 3 is 2.63 bits per heavy atom. The highest BCUT2D eigenvalue weighted by molar-refractivity contribution is 7.90. The van der Waals surface area contributed by atoms with E-state index in [9.17, 15) is 18.0 Å². The summed E-state index contributed by atoms with van der Waals surface area (Å²) < 4.78 is 27.4. The first-order valence-electron chi connectivity index (χ1n) is 4.95. The number of sulfone groups is 1. The number of hydrogen-bond acceptors (Lipinski definition) is 7. The predicted molar refractivity (Wildman–Crippen MR) is 67.4 cm³/mol. The zero-order chi connectivity index (χ0) is 14.8. The number of nitrogens with one attached hydrogen (secondary N) is 2. The van der Waals surface area contributed by atoms with Crippen LogP contribution in [0.4, 0.5) is 0 Å². The number of nitriles is 1. The summed E-state index contributed by atoms with van der Waals surface area (Å²) in [5.41, 5.74) is -2.03. The number of carbonyl (C=O) groups excluding carboxylic acids is 2. The van der Waals surface area contributed by atoms with Gasteiger partial charge in [-0.3, -0.25) is 4.79 Å². The van der Waals surface area contributed by atoms with Gasteiger partial charge in [-0.05, 0) is 12.2 Å². The molecule has 1 fully saturated rings. The van der Waals surface area contributed by atoms with Crippen molar-refractivity contribution in [1.29, 1.82) is 5.26 Å². The first-order chi connectivity index (χ1) is 8.66. The van der Waals surface area contributed by atoms with E-state index >= 15 is 0 Å². The van der Waals surface area contributed by atoms with Crippen LogP contribution >= 0.6 is 12.2 Å². The van der Waals surface area contributed by atoms with E-state index in [0.717, 1.165) is 13.4 Å². The lowest BCUT2D eigenvalue weighted by Crippen LogP contribution is -2.72. The van der Waals surface area contributed by atoms with E-state index < -0.39 is 38.9 Å². The van der Waals surface area contributed by atoms with Crippen LogP contribution in [-0.2, 0) is 24.2 Å². The summed E-state index contributed by atoms with van der Waals surface area (Å²) in [6, 6.07) is 1.60. The van der Waals surface area contributed by atoms with E-state index in [-0.39, 0.29) is 5.11 Å². The average molecular weight is 305 g/mol. The molecular weight excluding hydrogens is 294 g/mol. The lowest BCUT2D eigenvalue weighted by molar-refractivity contribution is -0.151. The third-order valence-corrected chi connectivity index (χ3v) is 3.68. The number of amides is 1. The largest absolute Gasteiger partial charge is 0.467 e. The molecule has 1 heterocycles. The zero-order valence-corrected chi connectivity index (χ0v) is 11.7. The fraction of sp³-hybridized carbons (Fsp3) is 0.556. The van der Waals surface area contributed by atoms with Crippen molar-refractivity contribution in [3.63, 3.8) is 0 Å². The Hall–Kier alpha value is -1.73. The molecule has 2 N–H and O–H groups in total.